The second-order valence-corrected chi connectivity index (χ2v) is 8.03. The topological polar surface area (TPSA) is 53.2 Å². The SMILES string of the molecule is O=C1NNC2CC(c3ccccc3)CC3NC4CC(F)CC1C4C23. The van der Waals surface area contributed by atoms with Gasteiger partial charge in [-0.2, -0.15) is 0 Å². The second kappa shape index (κ2) is 5.53. The van der Waals surface area contributed by atoms with Crippen LogP contribution >= 0.6 is 0 Å². The number of alkyl halides is 1. The predicted molar refractivity (Wildman–Crippen MR) is 88.8 cm³/mol. The van der Waals surface area contributed by atoms with Crippen molar-refractivity contribution in [2.24, 2.45) is 17.8 Å². The lowest BCUT2D eigenvalue weighted by atomic mass is 9.64. The Morgan fingerprint density at radius 3 is 2.50 bits per heavy atom. The monoisotopic (exact) mass is 329 g/mol. The molecule has 128 valence electrons. The molecule has 2 aliphatic heterocycles. The van der Waals surface area contributed by atoms with Gasteiger partial charge in [-0.1, -0.05) is 30.3 Å². The molecule has 8 atom stereocenters. The summed E-state index contributed by atoms with van der Waals surface area (Å²) in [5.74, 6) is 0.977. The summed E-state index contributed by atoms with van der Waals surface area (Å²) < 4.78 is 14.2. The van der Waals surface area contributed by atoms with Gasteiger partial charge in [0, 0.05) is 24.0 Å². The van der Waals surface area contributed by atoms with Crippen molar-refractivity contribution in [3.8, 4) is 0 Å². The maximum atomic E-state index is 14.2. The van der Waals surface area contributed by atoms with Crippen molar-refractivity contribution in [2.75, 3.05) is 0 Å². The maximum Gasteiger partial charge on any atom is 0.237 e. The number of hydrazine groups is 1. The lowest BCUT2D eigenvalue weighted by Gasteiger charge is -2.41. The van der Waals surface area contributed by atoms with Crippen LogP contribution in [0, 0.1) is 17.8 Å². The van der Waals surface area contributed by atoms with Gasteiger partial charge in [0.15, 0.2) is 0 Å². The molecule has 24 heavy (non-hydrogen) atoms. The summed E-state index contributed by atoms with van der Waals surface area (Å²) in [4.78, 5) is 12.5. The van der Waals surface area contributed by atoms with E-state index in [1.54, 1.807) is 0 Å². The summed E-state index contributed by atoms with van der Waals surface area (Å²) >= 11 is 0. The second-order valence-electron chi connectivity index (χ2n) is 8.03. The van der Waals surface area contributed by atoms with Crippen molar-refractivity contribution in [3.63, 3.8) is 0 Å². The zero-order valence-corrected chi connectivity index (χ0v) is 13.6. The van der Waals surface area contributed by atoms with Gasteiger partial charge in [0.1, 0.15) is 6.17 Å². The molecule has 1 aromatic rings. The fraction of sp³-hybridized carbons (Fsp3) is 0.632. The number of hydrogen-bond donors (Lipinski definition) is 3. The highest BCUT2D eigenvalue weighted by atomic mass is 19.1. The zero-order chi connectivity index (χ0) is 16.3. The van der Waals surface area contributed by atoms with Crippen LogP contribution in [0.3, 0.4) is 0 Å². The van der Waals surface area contributed by atoms with Gasteiger partial charge in [-0.05, 0) is 49.0 Å². The molecular formula is C19H24FN3O. The van der Waals surface area contributed by atoms with E-state index in [9.17, 15) is 9.18 Å². The van der Waals surface area contributed by atoms with Gasteiger partial charge in [0.2, 0.25) is 5.91 Å². The summed E-state index contributed by atoms with van der Waals surface area (Å²) in [5, 5.41) is 3.71. The Bertz CT molecular complexity index is 639. The largest absolute Gasteiger partial charge is 0.310 e. The van der Waals surface area contributed by atoms with E-state index in [4.69, 9.17) is 0 Å². The number of hydrogen-bond acceptors (Lipinski definition) is 3. The van der Waals surface area contributed by atoms with E-state index in [0.29, 0.717) is 30.7 Å². The van der Waals surface area contributed by atoms with Gasteiger partial charge in [-0.25, -0.2) is 9.82 Å². The molecule has 1 amide bonds. The molecule has 0 spiro atoms. The summed E-state index contributed by atoms with van der Waals surface area (Å²) in [7, 11) is 0. The molecule has 8 unspecified atom stereocenters. The standard InChI is InChI=1S/C19H24FN3O/c20-12-8-13-17-15(9-12)21-14-6-11(10-4-2-1-3-5-10)7-16(18(14)17)22-23-19(13)24/h1-5,11-18,21-22H,6-9H2,(H,23,24). The third kappa shape index (κ3) is 2.21. The van der Waals surface area contributed by atoms with Crippen LogP contribution in [-0.2, 0) is 4.79 Å². The Morgan fingerprint density at radius 2 is 1.67 bits per heavy atom. The van der Waals surface area contributed by atoms with Crippen LogP contribution in [-0.4, -0.2) is 30.2 Å². The van der Waals surface area contributed by atoms with E-state index in [1.807, 2.05) is 6.07 Å². The Morgan fingerprint density at radius 1 is 0.917 bits per heavy atom. The van der Waals surface area contributed by atoms with E-state index < -0.39 is 6.17 Å². The molecule has 5 rings (SSSR count). The number of rotatable bonds is 1. The highest BCUT2D eigenvalue weighted by Crippen LogP contribution is 2.50. The molecule has 2 saturated carbocycles. The van der Waals surface area contributed by atoms with Crippen molar-refractivity contribution in [3.05, 3.63) is 35.9 Å². The van der Waals surface area contributed by atoms with Crippen LogP contribution in [0.4, 0.5) is 4.39 Å². The van der Waals surface area contributed by atoms with Crippen molar-refractivity contribution in [1.82, 2.24) is 16.2 Å². The lowest BCUT2D eigenvalue weighted by molar-refractivity contribution is -0.129. The number of benzene rings is 1. The molecule has 2 aliphatic carbocycles. The van der Waals surface area contributed by atoms with Crippen LogP contribution in [0.25, 0.3) is 0 Å². The van der Waals surface area contributed by atoms with Crippen molar-refractivity contribution >= 4 is 5.91 Å². The van der Waals surface area contributed by atoms with Crippen LogP contribution in [0.1, 0.15) is 37.2 Å². The molecular weight excluding hydrogens is 305 g/mol. The number of amides is 1. The average Bonchev–Trinajstić information content (AvgIpc) is 2.90. The number of carbonyl (C=O) groups excluding carboxylic acids is 1. The molecule has 2 saturated heterocycles. The average molecular weight is 329 g/mol. The van der Waals surface area contributed by atoms with Crippen molar-refractivity contribution in [1.29, 1.82) is 0 Å². The Kier molecular flexibility index (Phi) is 3.42. The van der Waals surface area contributed by atoms with Crippen LogP contribution < -0.4 is 16.2 Å². The molecule has 0 radical (unpaired) electrons. The van der Waals surface area contributed by atoms with Crippen LogP contribution in [0.15, 0.2) is 30.3 Å². The number of carbonyl (C=O) groups is 1. The highest BCUT2D eigenvalue weighted by molar-refractivity contribution is 5.79. The van der Waals surface area contributed by atoms with Gasteiger partial charge >= 0.3 is 0 Å². The molecule has 0 bridgehead atoms. The fourth-order valence-corrected chi connectivity index (χ4v) is 5.94. The quantitative estimate of drug-likeness (QED) is 0.737. The molecule has 4 aliphatic rings. The molecule has 3 N–H and O–H groups in total. The zero-order valence-electron chi connectivity index (χ0n) is 13.6. The molecule has 5 heteroatoms. The summed E-state index contributed by atoms with van der Waals surface area (Å²) in [6, 6.07) is 11.4. The number of halogens is 1. The van der Waals surface area contributed by atoms with E-state index in [2.05, 4.69) is 40.4 Å². The molecule has 2 heterocycles. The maximum absolute atomic E-state index is 14.2. The third-order valence-corrected chi connectivity index (χ3v) is 6.82. The minimum Gasteiger partial charge on any atom is -0.310 e. The minimum atomic E-state index is -0.865. The first-order chi connectivity index (χ1) is 11.7. The van der Waals surface area contributed by atoms with Gasteiger partial charge < -0.3 is 5.32 Å². The highest BCUT2D eigenvalue weighted by Gasteiger charge is 2.57. The summed E-state index contributed by atoms with van der Waals surface area (Å²) in [5.41, 5.74) is 7.56. The molecule has 1 aromatic carbocycles. The summed E-state index contributed by atoms with van der Waals surface area (Å²) in [6.45, 7) is 0. The van der Waals surface area contributed by atoms with Crippen molar-refractivity contribution < 1.29 is 9.18 Å². The predicted octanol–water partition coefficient (Wildman–Crippen LogP) is 1.89. The van der Waals surface area contributed by atoms with E-state index in [0.717, 1.165) is 12.8 Å². The Balaban J connectivity index is 1.48. The van der Waals surface area contributed by atoms with E-state index in [1.165, 1.54) is 5.56 Å². The lowest BCUT2D eigenvalue weighted by Crippen LogP contribution is -2.52. The molecule has 4 fully saturated rings. The van der Waals surface area contributed by atoms with Gasteiger partial charge in [-0.3, -0.25) is 10.2 Å². The molecule has 0 aromatic heterocycles. The first kappa shape index (κ1) is 14.8. The number of nitrogens with one attached hydrogen (secondary N) is 3. The van der Waals surface area contributed by atoms with Crippen LogP contribution in [0.2, 0.25) is 0 Å². The smallest absolute Gasteiger partial charge is 0.237 e. The van der Waals surface area contributed by atoms with E-state index in [-0.39, 0.29) is 29.8 Å². The fourth-order valence-electron chi connectivity index (χ4n) is 5.94. The minimum absolute atomic E-state index is 0.0135. The van der Waals surface area contributed by atoms with E-state index >= 15 is 0 Å². The van der Waals surface area contributed by atoms with Gasteiger partial charge in [-0.15, -0.1) is 0 Å². The molecule has 4 nitrogen and oxygen atoms in total. The first-order valence-electron chi connectivity index (χ1n) is 9.21. The van der Waals surface area contributed by atoms with Crippen LogP contribution in [0.5, 0.6) is 0 Å². The first-order valence-corrected chi connectivity index (χ1v) is 9.21. The third-order valence-electron chi connectivity index (χ3n) is 6.82. The van der Waals surface area contributed by atoms with Gasteiger partial charge in [0.05, 0.1) is 0 Å². The normalized spacial score (nSPS) is 46.8. The Hall–Kier alpha value is -1.46. The van der Waals surface area contributed by atoms with Crippen molar-refractivity contribution in [2.45, 2.75) is 55.9 Å². The van der Waals surface area contributed by atoms with Gasteiger partial charge in [0.25, 0.3) is 0 Å². The summed E-state index contributed by atoms with van der Waals surface area (Å²) in [6.07, 6.45) is 2.19. The Labute approximate surface area is 141 Å².